The Bertz CT molecular complexity index is 957. The van der Waals surface area contributed by atoms with E-state index in [0.717, 1.165) is 52.6 Å². The Morgan fingerprint density at radius 3 is 2.40 bits per heavy atom. The number of likely N-dealkylation sites (N-methyl/N-ethyl adjacent to an activating group) is 1. The quantitative estimate of drug-likeness (QED) is 0.569. The van der Waals surface area contributed by atoms with Crippen LogP contribution in [0.15, 0.2) is 77.5 Å². The first-order valence-corrected chi connectivity index (χ1v) is 10.4. The molecule has 1 aliphatic rings. The number of rotatable bonds is 8. The lowest BCUT2D eigenvalue weighted by molar-refractivity contribution is 0.500. The highest BCUT2D eigenvalue weighted by Gasteiger charge is 2.28. The van der Waals surface area contributed by atoms with Crippen molar-refractivity contribution in [2.75, 3.05) is 14.1 Å². The largest absolute Gasteiger partial charge is 0.381 e. The van der Waals surface area contributed by atoms with Crippen LogP contribution in [0.1, 0.15) is 49.9 Å². The molecule has 0 saturated carbocycles. The van der Waals surface area contributed by atoms with Crippen molar-refractivity contribution in [3.05, 3.63) is 94.6 Å². The van der Waals surface area contributed by atoms with E-state index in [1.807, 2.05) is 34.0 Å². The van der Waals surface area contributed by atoms with Crippen LogP contribution in [0.25, 0.3) is 0 Å². The molecule has 0 saturated heterocycles. The molecule has 1 aliphatic heterocycles. The van der Waals surface area contributed by atoms with E-state index in [-0.39, 0.29) is 0 Å². The number of hydrogen-bond acceptors (Lipinski definition) is 4. The van der Waals surface area contributed by atoms with E-state index >= 15 is 0 Å². The number of nitrogens with one attached hydrogen (secondary N) is 1. The first kappa shape index (κ1) is 23.3. The monoisotopic (exact) mass is 404 g/mol. The second-order valence-electron chi connectivity index (χ2n) is 8.05. The average Bonchev–Trinajstić information content (AvgIpc) is 3.06. The summed E-state index contributed by atoms with van der Waals surface area (Å²) in [5.41, 5.74) is 12.3. The van der Waals surface area contributed by atoms with Gasteiger partial charge in [-0.05, 0) is 68.5 Å². The summed E-state index contributed by atoms with van der Waals surface area (Å²) in [6.07, 6.45) is 5.92. The van der Waals surface area contributed by atoms with Gasteiger partial charge in [-0.15, -0.1) is 0 Å². The zero-order valence-corrected chi connectivity index (χ0v) is 19.7. The number of benzene rings is 1. The van der Waals surface area contributed by atoms with Gasteiger partial charge in [-0.1, -0.05) is 44.4 Å². The molecule has 0 aliphatic carbocycles. The normalized spacial score (nSPS) is 14.6. The fourth-order valence-electron chi connectivity index (χ4n) is 3.45. The molecule has 0 atom stereocenters. The van der Waals surface area contributed by atoms with Crippen molar-refractivity contribution in [3.8, 4) is 0 Å². The van der Waals surface area contributed by atoms with Crippen molar-refractivity contribution in [2.45, 2.75) is 47.5 Å². The third-order valence-corrected chi connectivity index (χ3v) is 5.56. The van der Waals surface area contributed by atoms with E-state index in [4.69, 9.17) is 0 Å². The molecule has 0 bridgehead atoms. The Labute approximate surface area is 182 Å². The second-order valence-corrected chi connectivity index (χ2v) is 8.05. The SMILES string of the molecule is C=C(C)/C(C)=C(\C=C/C)N1C(=C)NN=C1c1cc(CC)c(CC(=C)N(C)C)cc1C. The van der Waals surface area contributed by atoms with Gasteiger partial charge in [-0.3, -0.25) is 10.3 Å². The molecule has 1 N–H and O–H groups in total. The lowest BCUT2D eigenvalue weighted by atomic mass is 9.93. The van der Waals surface area contributed by atoms with Crippen LogP contribution in [0, 0.1) is 6.92 Å². The molecule has 0 radical (unpaired) electrons. The molecule has 4 nitrogen and oxygen atoms in total. The van der Waals surface area contributed by atoms with Crippen LogP contribution in [0.5, 0.6) is 0 Å². The molecule has 0 amide bonds. The van der Waals surface area contributed by atoms with Gasteiger partial charge in [-0.25, -0.2) is 0 Å². The predicted octanol–water partition coefficient (Wildman–Crippen LogP) is 5.64. The molecule has 1 heterocycles. The van der Waals surface area contributed by atoms with Crippen molar-refractivity contribution in [1.82, 2.24) is 15.2 Å². The molecule has 1 aromatic carbocycles. The maximum Gasteiger partial charge on any atom is 0.166 e. The minimum Gasteiger partial charge on any atom is -0.381 e. The fraction of sp³-hybridized carbons (Fsp3) is 0.346. The van der Waals surface area contributed by atoms with Crippen molar-refractivity contribution >= 4 is 5.84 Å². The van der Waals surface area contributed by atoms with Crippen LogP contribution in [-0.4, -0.2) is 29.7 Å². The highest BCUT2D eigenvalue weighted by Crippen LogP contribution is 2.29. The molecule has 2 rings (SSSR count). The highest BCUT2D eigenvalue weighted by molar-refractivity contribution is 6.03. The van der Waals surface area contributed by atoms with E-state index in [2.05, 4.69) is 79.0 Å². The molecule has 4 heteroatoms. The van der Waals surface area contributed by atoms with Crippen LogP contribution in [0.2, 0.25) is 0 Å². The van der Waals surface area contributed by atoms with Gasteiger partial charge in [0, 0.05) is 31.8 Å². The second kappa shape index (κ2) is 9.66. The van der Waals surface area contributed by atoms with Gasteiger partial charge in [-0.2, -0.15) is 5.10 Å². The summed E-state index contributed by atoms with van der Waals surface area (Å²) in [5, 5.41) is 4.64. The molecular formula is C26H36N4. The standard InChI is InChI=1S/C26H36N4/c1-11-13-25(20(7)17(3)4)30-21(8)27-28-26(30)24-16-22(12-2)23(14-18(24)5)15-19(6)29(9)10/h11,13-14,16,27H,3,6,8,12,15H2,1-2,4-5,7,9-10H3/b13-11-,25-20+. The van der Waals surface area contributed by atoms with Gasteiger partial charge < -0.3 is 4.90 Å². The molecule has 0 spiro atoms. The maximum absolute atomic E-state index is 4.64. The number of nitrogens with zero attached hydrogens (tertiary/aromatic N) is 3. The Kier molecular flexibility index (Phi) is 7.49. The van der Waals surface area contributed by atoms with Gasteiger partial charge in [0.15, 0.2) is 5.84 Å². The Balaban J connectivity index is 2.59. The summed E-state index contributed by atoms with van der Waals surface area (Å²) in [6, 6.07) is 4.54. The first-order valence-electron chi connectivity index (χ1n) is 10.4. The number of aryl methyl sites for hydroxylation is 2. The average molecular weight is 405 g/mol. The van der Waals surface area contributed by atoms with Gasteiger partial charge in [0.25, 0.3) is 0 Å². The van der Waals surface area contributed by atoms with Crippen LogP contribution >= 0.6 is 0 Å². The van der Waals surface area contributed by atoms with Gasteiger partial charge in [0.1, 0.15) is 5.82 Å². The Morgan fingerprint density at radius 2 is 1.87 bits per heavy atom. The van der Waals surface area contributed by atoms with Crippen LogP contribution < -0.4 is 5.43 Å². The van der Waals surface area contributed by atoms with Gasteiger partial charge in [0.2, 0.25) is 0 Å². The topological polar surface area (TPSA) is 30.9 Å². The molecule has 160 valence electrons. The molecule has 0 unspecified atom stereocenters. The van der Waals surface area contributed by atoms with Crippen molar-refractivity contribution in [2.24, 2.45) is 5.10 Å². The zero-order chi connectivity index (χ0) is 22.6. The van der Waals surface area contributed by atoms with Gasteiger partial charge >= 0.3 is 0 Å². The molecule has 1 aromatic rings. The van der Waals surface area contributed by atoms with Crippen LogP contribution in [0.4, 0.5) is 0 Å². The zero-order valence-electron chi connectivity index (χ0n) is 19.7. The Morgan fingerprint density at radius 1 is 1.20 bits per heavy atom. The summed E-state index contributed by atoms with van der Waals surface area (Å²) in [6.45, 7) is 23.0. The Hall–Kier alpha value is -3.01. The lowest BCUT2D eigenvalue weighted by Crippen LogP contribution is -2.28. The van der Waals surface area contributed by atoms with Crippen molar-refractivity contribution in [3.63, 3.8) is 0 Å². The summed E-state index contributed by atoms with van der Waals surface area (Å²) in [5.74, 6) is 1.60. The van der Waals surface area contributed by atoms with E-state index in [0.29, 0.717) is 0 Å². The molecule has 0 fully saturated rings. The fourth-order valence-corrected chi connectivity index (χ4v) is 3.45. The van der Waals surface area contributed by atoms with E-state index < -0.39 is 0 Å². The molecule has 0 aromatic heterocycles. The minimum absolute atomic E-state index is 0.737. The van der Waals surface area contributed by atoms with E-state index in [1.165, 1.54) is 16.7 Å². The number of hydrogen-bond donors (Lipinski definition) is 1. The third-order valence-electron chi connectivity index (χ3n) is 5.56. The first-order chi connectivity index (χ1) is 14.1. The number of hydrazone groups is 1. The number of allylic oxidation sites excluding steroid dienone is 5. The smallest absolute Gasteiger partial charge is 0.166 e. The predicted molar refractivity (Wildman–Crippen MR) is 130 cm³/mol. The van der Waals surface area contributed by atoms with E-state index in [9.17, 15) is 0 Å². The molecule has 30 heavy (non-hydrogen) atoms. The summed E-state index contributed by atoms with van der Waals surface area (Å²) >= 11 is 0. The van der Waals surface area contributed by atoms with Crippen LogP contribution in [0.3, 0.4) is 0 Å². The maximum atomic E-state index is 4.64. The number of amidine groups is 1. The lowest BCUT2D eigenvalue weighted by Gasteiger charge is -2.26. The molecular weight excluding hydrogens is 368 g/mol. The van der Waals surface area contributed by atoms with Crippen molar-refractivity contribution < 1.29 is 0 Å². The van der Waals surface area contributed by atoms with E-state index in [1.54, 1.807) is 0 Å². The summed E-state index contributed by atoms with van der Waals surface area (Å²) in [7, 11) is 4.08. The van der Waals surface area contributed by atoms with Gasteiger partial charge in [0.05, 0.1) is 5.70 Å². The minimum atomic E-state index is 0.737. The van der Waals surface area contributed by atoms with Crippen molar-refractivity contribution in [1.29, 1.82) is 0 Å². The third kappa shape index (κ3) is 4.76. The van der Waals surface area contributed by atoms with Crippen LogP contribution in [-0.2, 0) is 12.8 Å². The summed E-state index contributed by atoms with van der Waals surface area (Å²) in [4.78, 5) is 4.16. The summed E-state index contributed by atoms with van der Waals surface area (Å²) < 4.78 is 0. The highest BCUT2D eigenvalue weighted by atomic mass is 15.5.